The van der Waals surface area contributed by atoms with Crippen LogP contribution in [0.5, 0.6) is 0 Å². The second-order valence-corrected chi connectivity index (χ2v) is 11.1. The number of rotatable bonds is 19. The molecule has 0 aliphatic carbocycles. The molecule has 3 amide bonds. The van der Waals surface area contributed by atoms with Crippen molar-refractivity contribution in [1.29, 1.82) is 0 Å². The minimum atomic E-state index is -1.19. The molecular weight excluding hydrogens is 590 g/mol. The number of H-pyrrole nitrogens is 1. The Morgan fingerprint density at radius 3 is 2.11 bits per heavy atom. The van der Waals surface area contributed by atoms with E-state index in [1.807, 2.05) is 30.3 Å². The molecule has 0 fully saturated rings. The number of carboxylic acid groups (broad SMARTS) is 1. The van der Waals surface area contributed by atoms with Crippen LogP contribution in [0, 0.1) is 0 Å². The summed E-state index contributed by atoms with van der Waals surface area (Å²) >= 11 is 0. The highest BCUT2D eigenvalue weighted by Gasteiger charge is 2.30. The van der Waals surface area contributed by atoms with Crippen LogP contribution in [0.15, 0.2) is 65.8 Å². The van der Waals surface area contributed by atoms with Gasteiger partial charge in [-0.3, -0.25) is 19.4 Å². The van der Waals surface area contributed by atoms with E-state index in [0.29, 0.717) is 25.8 Å². The molecule has 0 saturated carbocycles. The van der Waals surface area contributed by atoms with Gasteiger partial charge in [-0.2, -0.15) is 0 Å². The van der Waals surface area contributed by atoms with Gasteiger partial charge in [0.05, 0.1) is 6.04 Å². The SMILES string of the molecule is NCCCC[C@H](NC(=O)[C@H](Cc1ccccc1)NC(=O)[C@H](CCCN=C(N)N)NC(=O)[C@@H](N)Cc1c[nH]c2ccccc12)C(=O)O. The normalized spacial score (nSPS) is 13.6. The molecule has 0 aliphatic rings. The number of guanidine groups is 1. The maximum atomic E-state index is 13.7. The number of unbranched alkanes of at least 4 members (excludes halogenated alkanes) is 1. The number of hydrogen-bond acceptors (Lipinski definition) is 7. The number of aliphatic carboxylic acids is 1. The fourth-order valence-corrected chi connectivity index (χ4v) is 5.04. The fourth-order valence-electron chi connectivity index (χ4n) is 5.04. The lowest BCUT2D eigenvalue weighted by Gasteiger charge is -2.25. The van der Waals surface area contributed by atoms with Crippen LogP contribution in [0.25, 0.3) is 10.9 Å². The number of fused-ring (bicyclic) bond motifs is 1. The standard InChI is InChI=1S/C32H45N9O5/c33-15-7-6-13-26(31(45)46)40-30(44)27(17-20-9-2-1-3-10-20)41-29(43)25(14-8-16-37-32(35)36)39-28(42)23(34)18-21-19-38-24-12-5-4-11-22(21)24/h1-5,9-12,19,23,25-27,38H,6-8,13-18,33-34H2,(H,39,42)(H,40,44)(H,41,43)(H,45,46)(H4,35,36,37)/t23-,25-,26-,27-/m0/s1. The lowest BCUT2D eigenvalue weighted by Crippen LogP contribution is -2.57. The summed E-state index contributed by atoms with van der Waals surface area (Å²) < 4.78 is 0. The monoisotopic (exact) mass is 635 g/mol. The average Bonchev–Trinajstić information content (AvgIpc) is 3.44. The molecule has 1 aromatic heterocycles. The molecule has 0 saturated heterocycles. The summed E-state index contributed by atoms with van der Waals surface area (Å²) in [6.45, 7) is 0.606. The second kappa shape index (κ2) is 18.1. The molecule has 0 bridgehead atoms. The van der Waals surface area contributed by atoms with Gasteiger partial charge in [-0.05, 0) is 62.3 Å². The Bertz CT molecular complexity index is 1470. The lowest BCUT2D eigenvalue weighted by molar-refractivity contribution is -0.142. The van der Waals surface area contributed by atoms with E-state index < -0.39 is 47.9 Å². The number of aromatic nitrogens is 1. The third-order valence-electron chi connectivity index (χ3n) is 7.51. The first-order valence-corrected chi connectivity index (χ1v) is 15.3. The third-order valence-corrected chi connectivity index (χ3v) is 7.51. The molecule has 2 aromatic carbocycles. The first-order chi connectivity index (χ1) is 22.1. The van der Waals surface area contributed by atoms with E-state index >= 15 is 0 Å². The van der Waals surface area contributed by atoms with Crippen LogP contribution in [0.4, 0.5) is 0 Å². The largest absolute Gasteiger partial charge is 0.480 e. The van der Waals surface area contributed by atoms with Gasteiger partial charge in [0.2, 0.25) is 17.7 Å². The Balaban J connectivity index is 1.77. The van der Waals surface area contributed by atoms with Crippen molar-refractivity contribution in [2.45, 2.75) is 69.1 Å². The van der Waals surface area contributed by atoms with Crippen molar-refractivity contribution in [2.75, 3.05) is 13.1 Å². The van der Waals surface area contributed by atoms with Gasteiger partial charge in [-0.1, -0.05) is 48.5 Å². The van der Waals surface area contributed by atoms with Crippen molar-refractivity contribution >= 4 is 40.6 Å². The minimum absolute atomic E-state index is 0.0856. The number of nitrogens with zero attached hydrogens (tertiary/aromatic N) is 1. The number of nitrogens with one attached hydrogen (secondary N) is 4. The summed E-state index contributed by atoms with van der Waals surface area (Å²) in [5.41, 5.74) is 25.2. The Hall–Kier alpha value is -4.95. The summed E-state index contributed by atoms with van der Waals surface area (Å²) in [4.78, 5) is 59.4. The number of nitrogens with two attached hydrogens (primary N) is 4. The summed E-state index contributed by atoms with van der Waals surface area (Å²) in [7, 11) is 0. The summed E-state index contributed by atoms with van der Waals surface area (Å²) in [5.74, 6) is -3.15. The number of carbonyl (C=O) groups excluding carboxylic acids is 3. The molecule has 1 heterocycles. The zero-order chi connectivity index (χ0) is 33.5. The number of para-hydroxylation sites is 1. The molecule has 14 nitrogen and oxygen atoms in total. The van der Waals surface area contributed by atoms with Crippen LogP contribution >= 0.6 is 0 Å². The van der Waals surface area contributed by atoms with Crippen molar-refractivity contribution in [1.82, 2.24) is 20.9 Å². The number of aromatic amines is 1. The molecule has 0 spiro atoms. The predicted molar refractivity (Wildman–Crippen MR) is 176 cm³/mol. The average molecular weight is 636 g/mol. The zero-order valence-corrected chi connectivity index (χ0v) is 25.8. The zero-order valence-electron chi connectivity index (χ0n) is 25.8. The number of carbonyl (C=O) groups is 4. The topological polar surface area (TPSA) is 257 Å². The highest BCUT2D eigenvalue weighted by atomic mass is 16.4. The van der Waals surface area contributed by atoms with Gasteiger partial charge in [0.15, 0.2) is 5.96 Å². The Kier molecular flexibility index (Phi) is 14.0. The van der Waals surface area contributed by atoms with Gasteiger partial charge < -0.3 is 49.0 Å². The van der Waals surface area contributed by atoms with E-state index in [0.717, 1.165) is 22.0 Å². The van der Waals surface area contributed by atoms with Gasteiger partial charge in [0, 0.05) is 30.1 Å². The number of benzene rings is 2. The van der Waals surface area contributed by atoms with Crippen molar-refractivity contribution in [3.05, 3.63) is 71.9 Å². The molecule has 3 rings (SSSR count). The van der Waals surface area contributed by atoms with Crippen molar-refractivity contribution in [3.63, 3.8) is 0 Å². The highest BCUT2D eigenvalue weighted by molar-refractivity contribution is 5.94. The number of amides is 3. The van der Waals surface area contributed by atoms with Gasteiger partial charge in [0.25, 0.3) is 0 Å². The Morgan fingerprint density at radius 2 is 1.41 bits per heavy atom. The van der Waals surface area contributed by atoms with Gasteiger partial charge in [0.1, 0.15) is 18.1 Å². The Labute approximate surface area is 267 Å². The Morgan fingerprint density at radius 1 is 0.783 bits per heavy atom. The van der Waals surface area contributed by atoms with Crippen LogP contribution in [0.1, 0.15) is 43.2 Å². The molecule has 14 heteroatoms. The quantitative estimate of drug-likeness (QED) is 0.0487. The molecule has 248 valence electrons. The smallest absolute Gasteiger partial charge is 0.326 e. The predicted octanol–water partition coefficient (Wildman–Crippen LogP) is 0.00200. The fraction of sp³-hybridized carbons (Fsp3) is 0.406. The summed E-state index contributed by atoms with van der Waals surface area (Å²) in [5, 5.41) is 18.7. The van der Waals surface area contributed by atoms with Gasteiger partial charge in [-0.15, -0.1) is 0 Å². The molecule has 0 aliphatic heterocycles. The van der Waals surface area contributed by atoms with Crippen LogP contribution < -0.4 is 38.9 Å². The van der Waals surface area contributed by atoms with E-state index in [4.69, 9.17) is 22.9 Å². The van der Waals surface area contributed by atoms with E-state index in [1.165, 1.54) is 0 Å². The lowest BCUT2D eigenvalue weighted by atomic mass is 10.0. The molecule has 13 N–H and O–H groups in total. The van der Waals surface area contributed by atoms with Crippen LogP contribution in [0.2, 0.25) is 0 Å². The third kappa shape index (κ3) is 11.2. The molecule has 46 heavy (non-hydrogen) atoms. The van der Waals surface area contributed by atoms with Crippen molar-refractivity contribution in [3.8, 4) is 0 Å². The first-order valence-electron chi connectivity index (χ1n) is 15.3. The molecule has 4 atom stereocenters. The van der Waals surface area contributed by atoms with Crippen molar-refractivity contribution in [2.24, 2.45) is 27.9 Å². The van der Waals surface area contributed by atoms with E-state index in [-0.39, 0.29) is 38.2 Å². The molecular formula is C32H45N9O5. The van der Waals surface area contributed by atoms with Crippen LogP contribution in [-0.2, 0) is 32.0 Å². The number of aliphatic imine (C=N–C) groups is 1. The molecule has 0 radical (unpaired) electrons. The number of carboxylic acids is 1. The van der Waals surface area contributed by atoms with E-state index in [2.05, 4.69) is 25.9 Å². The molecule has 0 unspecified atom stereocenters. The second-order valence-electron chi connectivity index (χ2n) is 11.1. The molecule has 3 aromatic rings. The number of hydrogen-bond donors (Lipinski definition) is 9. The van der Waals surface area contributed by atoms with Crippen LogP contribution in [0.3, 0.4) is 0 Å². The maximum Gasteiger partial charge on any atom is 0.326 e. The van der Waals surface area contributed by atoms with E-state index in [9.17, 15) is 24.3 Å². The van der Waals surface area contributed by atoms with E-state index in [1.54, 1.807) is 30.5 Å². The van der Waals surface area contributed by atoms with Gasteiger partial charge >= 0.3 is 5.97 Å². The minimum Gasteiger partial charge on any atom is -0.480 e. The maximum absolute atomic E-state index is 13.7. The summed E-state index contributed by atoms with van der Waals surface area (Å²) in [6.07, 6.45) is 3.88. The summed E-state index contributed by atoms with van der Waals surface area (Å²) in [6, 6.07) is 12.3. The van der Waals surface area contributed by atoms with Crippen LogP contribution in [-0.4, -0.2) is 77.0 Å². The highest BCUT2D eigenvalue weighted by Crippen LogP contribution is 2.19. The first kappa shape index (κ1) is 35.5. The van der Waals surface area contributed by atoms with Gasteiger partial charge in [-0.25, -0.2) is 4.79 Å². The van der Waals surface area contributed by atoms with Crippen molar-refractivity contribution < 1.29 is 24.3 Å².